The highest BCUT2D eigenvalue weighted by Crippen LogP contribution is 2.20. The molecule has 1 aromatic rings. The lowest BCUT2D eigenvalue weighted by molar-refractivity contribution is 0.169. The SMILES string of the molecule is CC(C)(C)CNCC(O)c1ccc(Cl)c(F)c1. The van der Waals surface area contributed by atoms with Gasteiger partial charge in [0.05, 0.1) is 11.1 Å². The molecule has 0 heterocycles. The van der Waals surface area contributed by atoms with Crippen molar-refractivity contribution in [3.05, 3.63) is 34.6 Å². The van der Waals surface area contributed by atoms with E-state index in [0.29, 0.717) is 12.1 Å². The first-order valence-corrected chi connectivity index (χ1v) is 6.01. The Labute approximate surface area is 107 Å². The normalized spacial score (nSPS) is 13.8. The molecular formula is C13H19ClFNO. The molecule has 96 valence electrons. The van der Waals surface area contributed by atoms with Crippen LogP contribution in [0, 0.1) is 11.2 Å². The minimum Gasteiger partial charge on any atom is -0.387 e. The van der Waals surface area contributed by atoms with Crippen LogP contribution in [0.2, 0.25) is 5.02 Å². The zero-order valence-corrected chi connectivity index (χ0v) is 11.2. The second kappa shape index (κ2) is 5.80. The molecule has 0 bridgehead atoms. The summed E-state index contributed by atoms with van der Waals surface area (Å²) in [6.07, 6.45) is -0.718. The fraction of sp³-hybridized carbons (Fsp3) is 0.538. The molecule has 0 saturated heterocycles. The third-order valence-corrected chi connectivity index (χ3v) is 2.63. The van der Waals surface area contributed by atoms with Gasteiger partial charge in [0.15, 0.2) is 0 Å². The monoisotopic (exact) mass is 259 g/mol. The summed E-state index contributed by atoms with van der Waals surface area (Å²) in [6, 6.07) is 4.36. The zero-order valence-electron chi connectivity index (χ0n) is 10.4. The van der Waals surface area contributed by atoms with Crippen molar-refractivity contribution in [2.24, 2.45) is 5.41 Å². The van der Waals surface area contributed by atoms with Crippen LogP contribution in [0.5, 0.6) is 0 Å². The summed E-state index contributed by atoms with van der Waals surface area (Å²) < 4.78 is 13.2. The maximum atomic E-state index is 13.2. The molecule has 2 nitrogen and oxygen atoms in total. The predicted molar refractivity (Wildman–Crippen MR) is 68.7 cm³/mol. The summed E-state index contributed by atoms with van der Waals surface area (Å²) in [4.78, 5) is 0. The van der Waals surface area contributed by atoms with E-state index in [1.807, 2.05) is 0 Å². The van der Waals surface area contributed by atoms with Gasteiger partial charge in [0.1, 0.15) is 5.82 Å². The standard InChI is InChI=1S/C13H19ClFNO/c1-13(2,3)8-16-7-12(17)9-4-5-10(14)11(15)6-9/h4-6,12,16-17H,7-8H2,1-3H3. The van der Waals surface area contributed by atoms with Gasteiger partial charge in [0.25, 0.3) is 0 Å². The Kier molecular flexibility index (Phi) is 4.92. The van der Waals surface area contributed by atoms with Crippen LogP contribution >= 0.6 is 11.6 Å². The number of aliphatic hydroxyl groups excluding tert-OH is 1. The van der Waals surface area contributed by atoms with Gasteiger partial charge < -0.3 is 10.4 Å². The average molecular weight is 260 g/mol. The Morgan fingerprint density at radius 1 is 1.41 bits per heavy atom. The number of aliphatic hydroxyl groups is 1. The average Bonchev–Trinajstić information content (AvgIpc) is 2.20. The van der Waals surface area contributed by atoms with Gasteiger partial charge in [-0.1, -0.05) is 38.4 Å². The van der Waals surface area contributed by atoms with Crippen LogP contribution in [-0.4, -0.2) is 18.2 Å². The Balaban J connectivity index is 2.52. The number of nitrogens with one attached hydrogen (secondary N) is 1. The molecule has 0 aliphatic carbocycles. The fourth-order valence-electron chi connectivity index (χ4n) is 1.42. The molecule has 1 unspecified atom stereocenters. The summed E-state index contributed by atoms with van der Waals surface area (Å²) in [5.74, 6) is -0.501. The van der Waals surface area contributed by atoms with E-state index in [0.717, 1.165) is 6.54 Å². The number of hydrogen-bond acceptors (Lipinski definition) is 2. The van der Waals surface area contributed by atoms with Crippen LogP contribution < -0.4 is 5.32 Å². The number of benzene rings is 1. The molecule has 1 rings (SSSR count). The third-order valence-electron chi connectivity index (χ3n) is 2.32. The molecule has 1 atom stereocenters. The predicted octanol–water partition coefficient (Wildman–Crippen LogP) is 3.15. The molecular weight excluding hydrogens is 241 g/mol. The third kappa shape index (κ3) is 5.02. The largest absolute Gasteiger partial charge is 0.387 e. The molecule has 0 aliphatic rings. The quantitative estimate of drug-likeness (QED) is 0.871. The topological polar surface area (TPSA) is 32.3 Å². The molecule has 1 aromatic carbocycles. The van der Waals surface area contributed by atoms with Crippen LogP contribution in [0.3, 0.4) is 0 Å². The summed E-state index contributed by atoms with van der Waals surface area (Å²) in [7, 11) is 0. The van der Waals surface area contributed by atoms with E-state index in [1.54, 1.807) is 6.07 Å². The van der Waals surface area contributed by atoms with E-state index >= 15 is 0 Å². The van der Waals surface area contributed by atoms with E-state index in [-0.39, 0.29) is 10.4 Å². The summed E-state index contributed by atoms with van der Waals surface area (Å²) >= 11 is 5.58. The van der Waals surface area contributed by atoms with Gasteiger partial charge in [-0.05, 0) is 23.1 Å². The summed E-state index contributed by atoms with van der Waals surface area (Å²) in [5, 5.41) is 13.1. The van der Waals surface area contributed by atoms with Gasteiger partial charge in [-0.2, -0.15) is 0 Å². The van der Waals surface area contributed by atoms with Crippen molar-refractivity contribution in [2.75, 3.05) is 13.1 Å². The molecule has 0 aromatic heterocycles. The number of halogens is 2. The van der Waals surface area contributed by atoms with Crippen molar-refractivity contribution in [3.8, 4) is 0 Å². The van der Waals surface area contributed by atoms with Crippen molar-refractivity contribution in [2.45, 2.75) is 26.9 Å². The molecule has 2 N–H and O–H groups in total. The van der Waals surface area contributed by atoms with Crippen molar-refractivity contribution >= 4 is 11.6 Å². The number of hydrogen-bond donors (Lipinski definition) is 2. The van der Waals surface area contributed by atoms with E-state index < -0.39 is 11.9 Å². The van der Waals surface area contributed by atoms with Crippen LogP contribution in [0.4, 0.5) is 4.39 Å². The van der Waals surface area contributed by atoms with E-state index in [1.165, 1.54) is 12.1 Å². The second-order valence-corrected chi connectivity index (χ2v) is 5.79. The lowest BCUT2D eigenvalue weighted by Crippen LogP contribution is -2.30. The Hall–Kier alpha value is -0.640. The maximum Gasteiger partial charge on any atom is 0.142 e. The van der Waals surface area contributed by atoms with Crippen molar-refractivity contribution in [3.63, 3.8) is 0 Å². The van der Waals surface area contributed by atoms with Crippen LogP contribution in [-0.2, 0) is 0 Å². The summed E-state index contributed by atoms with van der Waals surface area (Å²) in [5.41, 5.74) is 0.693. The highest BCUT2D eigenvalue weighted by Gasteiger charge is 2.13. The molecule has 0 spiro atoms. The van der Waals surface area contributed by atoms with Crippen LogP contribution in [0.25, 0.3) is 0 Å². The zero-order chi connectivity index (χ0) is 13.1. The first kappa shape index (κ1) is 14.4. The van der Waals surface area contributed by atoms with E-state index in [9.17, 15) is 9.50 Å². The molecule has 0 fully saturated rings. The van der Waals surface area contributed by atoms with Crippen molar-refractivity contribution in [1.82, 2.24) is 5.32 Å². The lowest BCUT2D eigenvalue weighted by atomic mass is 9.97. The Bertz CT molecular complexity index is 376. The van der Waals surface area contributed by atoms with Crippen LogP contribution in [0.1, 0.15) is 32.4 Å². The first-order chi connectivity index (χ1) is 7.79. The Morgan fingerprint density at radius 2 is 2.06 bits per heavy atom. The molecule has 0 amide bonds. The lowest BCUT2D eigenvalue weighted by Gasteiger charge is -2.20. The molecule has 4 heteroatoms. The van der Waals surface area contributed by atoms with Gasteiger partial charge >= 0.3 is 0 Å². The van der Waals surface area contributed by atoms with Gasteiger partial charge in [-0.15, -0.1) is 0 Å². The number of rotatable bonds is 4. The van der Waals surface area contributed by atoms with Crippen molar-refractivity contribution < 1.29 is 9.50 Å². The van der Waals surface area contributed by atoms with E-state index in [4.69, 9.17) is 11.6 Å². The van der Waals surface area contributed by atoms with Gasteiger partial charge in [-0.25, -0.2) is 4.39 Å². The smallest absolute Gasteiger partial charge is 0.142 e. The minimum atomic E-state index is -0.718. The molecule has 0 saturated carbocycles. The fourth-order valence-corrected chi connectivity index (χ4v) is 1.54. The maximum absolute atomic E-state index is 13.2. The van der Waals surface area contributed by atoms with Crippen LogP contribution in [0.15, 0.2) is 18.2 Å². The Morgan fingerprint density at radius 3 is 2.59 bits per heavy atom. The van der Waals surface area contributed by atoms with Gasteiger partial charge in [-0.3, -0.25) is 0 Å². The molecule has 0 aliphatic heterocycles. The highest BCUT2D eigenvalue weighted by molar-refractivity contribution is 6.30. The van der Waals surface area contributed by atoms with Crippen molar-refractivity contribution in [1.29, 1.82) is 0 Å². The highest BCUT2D eigenvalue weighted by atomic mass is 35.5. The second-order valence-electron chi connectivity index (χ2n) is 5.38. The molecule has 17 heavy (non-hydrogen) atoms. The minimum absolute atomic E-state index is 0.0728. The van der Waals surface area contributed by atoms with Gasteiger partial charge in [0, 0.05) is 13.1 Å². The molecule has 0 radical (unpaired) electrons. The van der Waals surface area contributed by atoms with E-state index in [2.05, 4.69) is 26.1 Å². The summed E-state index contributed by atoms with van der Waals surface area (Å²) in [6.45, 7) is 7.51. The van der Waals surface area contributed by atoms with Gasteiger partial charge in [0.2, 0.25) is 0 Å². The first-order valence-electron chi connectivity index (χ1n) is 5.63.